The van der Waals surface area contributed by atoms with E-state index >= 15 is 0 Å². The summed E-state index contributed by atoms with van der Waals surface area (Å²) in [5, 5.41) is 9.31. The number of carbonyl (C=O) groups is 5. The van der Waals surface area contributed by atoms with Gasteiger partial charge in [0.2, 0.25) is 17.7 Å². The maximum Gasteiger partial charge on any atom is 0.324 e. The Hall–Kier alpha value is -5.86. The van der Waals surface area contributed by atoms with Crippen LogP contribution in [0.1, 0.15) is 89.6 Å². The molecular formula is C52H66N8O6. The van der Waals surface area contributed by atoms with Crippen LogP contribution in [0.15, 0.2) is 73.4 Å². The molecule has 0 saturated carbocycles. The molecule has 4 aliphatic heterocycles. The number of rotatable bonds is 9. The number of fused-ring (bicyclic) bond motifs is 6. The fraction of sp³-hybridized carbons (Fsp3) is 0.500. The van der Waals surface area contributed by atoms with Crippen molar-refractivity contribution in [1.29, 1.82) is 0 Å². The Kier molecular flexibility index (Phi) is 13.8. The minimum atomic E-state index is -1.04. The summed E-state index contributed by atoms with van der Waals surface area (Å²) in [4.78, 5) is 77.5. The second-order valence-electron chi connectivity index (χ2n) is 19.7. The number of ether oxygens (including phenoxy) is 1. The van der Waals surface area contributed by atoms with Gasteiger partial charge in [0.25, 0.3) is 5.91 Å². The molecule has 0 unspecified atom stereocenters. The number of hydrogen-bond donors (Lipinski definition) is 3. The number of aryl methyl sites for hydroxylation is 1. The Balaban J connectivity index is 1.18. The highest BCUT2D eigenvalue weighted by molar-refractivity contribution is 5.96. The molecule has 0 aliphatic carbocycles. The number of carbonyl (C=O) groups excluding carboxylic acids is 5. The van der Waals surface area contributed by atoms with Gasteiger partial charge in [-0.05, 0) is 111 Å². The van der Waals surface area contributed by atoms with Gasteiger partial charge >= 0.3 is 5.97 Å². The standard InChI is InChI=1S/C52H66N8O6/c1-8-44(61)58-25-21-36(30-58)49(63)57(7)46(32(3)4)48(62)55-42-27-33-14-10-15-34(26-33)35-19-20-43-38(28-35)39(29-52(5,6)31-66-51(65)41-18-13-24-60(56-41)50(42)64)47(59(43)9-2)37-16-11-23-54-45(37)40-17-12-22-53-40/h8,10-11,14-16,19-20,23,26,28,32,36,40-42,46,53,56H,1,9,12-13,17-18,21-22,24-25,27,29-31H2,2-7H3,(H,55,62)/t36-,40-,41-,42-,46-/m0/s1. The monoisotopic (exact) mass is 899 g/mol. The second-order valence-corrected chi connectivity index (χ2v) is 19.7. The molecule has 2 aromatic heterocycles. The van der Waals surface area contributed by atoms with Crippen LogP contribution in [-0.2, 0) is 48.1 Å². The SMILES string of the molecule is C=CC(=O)N1CC[C@H](C(=O)N(C)[C@H](C(=O)N[C@H]2Cc3cccc(c3)-c3ccc4c(c3)c(c(-c3cccnc3[C@@H]3CCCN3)n4CC)CC(C)(C)COC(=O)[C@@H]3CCCN(N3)C2=O)C(C)C)C1. The van der Waals surface area contributed by atoms with E-state index in [1.807, 2.05) is 38.2 Å². The van der Waals surface area contributed by atoms with Gasteiger partial charge in [0.1, 0.15) is 18.1 Å². The zero-order chi connectivity index (χ0) is 46.9. The highest BCUT2D eigenvalue weighted by atomic mass is 16.5. The number of aromatic nitrogens is 2. The molecule has 0 spiro atoms. The molecule has 4 aromatic rings. The number of hydrogen-bond acceptors (Lipinski definition) is 9. The molecule has 2 aromatic carbocycles. The predicted octanol–water partition coefficient (Wildman–Crippen LogP) is 5.98. The van der Waals surface area contributed by atoms with E-state index in [4.69, 9.17) is 9.72 Å². The van der Waals surface area contributed by atoms with Gasteiger partial charge in [-0.1, -0.05) is 64.6 Å². The smallest absolute Gasteiger partial charge is 0.324 e. The van der Waals surface area contributed by atoms with E-state index in [1.165, 1.54) is 21.5 Å². The van der Waals surface area contributed by atoms with Crippen LogP contribution in [0.2, 0.25) is 0 Å². The summed E-state index contributed by atoms with van der Waals surface area (Å²) in [6.07, 6.45) is 7.56. The van der Waals surface area contributed by atoms with Crippen LogP contribution in [0.25, 0.3) is 33.3 Å². The van der Waals surface area contributed by atoms with Gasteiger partial charge in [0.15, 0.2) is 0 Å². The first-order valence-corrected chi connectivity index (χ1v) is 23.8. The molecule has 0 radical (unpaired) electrons. The number of likely N-dealkylation sites (tertiary alicyclic amines) is 1. The lowest BCUT2D eigenvalue weighted by atomic mass is 9.84. The summed E-state index contributed by atoms with van der Waals surface area (Å²) in [5.41, 5.74) is 11.1. The first-order chi connectivity index (χ1) is 31.7. The Bertz CT molecular complexity index is 2510. The van der Waals surface area contributed by atoms with Crippen molar-refractivity contribution in [1.82, 2.24) is 40.4 Å². The number of hydrazine groups is 1. The number of amides is 4. The maximum atomic E-state index is 14.7. The van der Waals surface area contributed by atoms with Crippen LogP contribution < -0.4 is 16.1 Å². The number of nitrogens with one attached hydrogen (secondary N) is 3. The summed E-state index contributed by atoms with van der Waals surface area (Å²) in [7, 11) is 1.62. The average Bonchev–Trinajstić information content (AvgIpc) is 4.10. The molecule has 14 nitrogen and oxygen atoms in total. The quantitative estimate of drug-likeness (QED) is 0.136. The Labute approximate surface area is 388 Å². The number of nitrogens with zero attached hydrogens (tertiary/aromatic N) is 5. The average molecular weight is 899 g/mol. The third-order valence-electron chi connectivity index (χ3n) is 14.0. The van der Waals surface area contributed by atoms with Crippen LogP contribution in [0.3, 0.4) is 0 Å². The predicted molar refractivity (Wildman–Crippen MR) is 254 cm³/mol. The van der Waals surface area contributed by atoms with Crippen LogP contribution in [0, 0.1) is 17.3 Å². The zero-order valence-electron chi connectivity index (χ0n) is 39.4. The largest absolute Gasteiger partial charge is 0.464 e. The molecule has 6 heterocycles. The molecule has 8 rings (SSSR count). The minimum absolute atomic E-state index is 0.157. The fourth-order valence-corrected chi connectivity index (χ4v) is 10.6. The normalized spacial score (nSPS) is 22.8. The van der Waals surface area contributed by atoms with E-state index in [1.54, 1.807) is 11.9 Å². The summed E-state index contributed by atoms with van der Waals surface area (Å²) in [5.74, 6) is -2.50. The fourth-order valence-electron chi connectivity index (χ4n) is 10.6. The molecular weight excluding hydrogens is 833 g/mol. The number of esters is 1. The van der Waals surface area contributed by atoms with Gasteiger partial charge in [-0.15, -0.1) is 0 Å². The molecule has 14 heteroatoms. The van der Waals surface area contributed by atoms with Gasteiger partial charge in [-0.3, -0.25) is 34.0 Å². The molecule has 350 valence electrons. The molecule has 4 aliphatic rings. The number of likely N-dealkylation sites (N-methyl/N-ethyl adjacent to an activating group) is 1. The number of cyclic esters (lactones) is 1. The lowest BCUT2D eigenvalue weighted by Gasteiger charge is -2.37. The van der Waals surface area contributed by atoms with Gasteiger partial charge in [-0.25, -0.2) is 5.43 Å². The van der Waals surface area contributed by atoms with Crippen LogP contribution in [-0.4, -0.2) is 112 Å². The van der Waals surface area contributed by atoms with Crippen molar-refractivity contribution >= 4 is 40.5 Å². The number of pyridine rings is 1. The van der Waals surface area contributed by atoms with E-state index in [2.05, 4.69) is 84.4 Å². The van der Waals surface area contributed by atoms with Crippen molar-refractivity contribution < 1.29 is 28.7 Å². The summed E-state index contributed by atoms with van der Waals surface area (Å²) in [6, 6.07) is 16.4. The lowest BCUT2D eigenvalue weighted by molar-refractivity contribution is -0.155. The second kappa shape index (κ2) is 19.5. The topological polar surface area (TPSA) is 158 Å². The van der Waals surface area contributed by atoms with E-state index in [0.29, 0.717) is 38.8 Å². The molecule has 5 atom stereocenters. The van der Waals surface area contributed by atoms with E-state index in [9.17, 15) is 24.0 Å². The molecule has 4 amide bonds. The molecule has 3 fully saturated rings. The first-order valence-electron chi connectivity index (χ1n) is 23.8. The third-order valence-corrected chi connectivity index (χ3v) is 14.0. The minimum Gasteiger partial charge on any atom is -0.464 e. The Morgan fingerprint density at radius 3 is 2.55 bits per heavy atom. The van der Waals surface area contributed by atoms with Crippen molar-refractivity contribution in [3.05, 3.63) is 90.3 Å². The molecule has 6 bridgehead atoms. The van der Waals surface area contributed by atoms with Crippen LogP contribution >= 0.6 is 0 Å². The summed E-state index contributed by atoms with van der Waals surface area (Å²) in [6.45, 7) is 16.6. The molecule has 3 N–H and O–H groups in total. The Morgan fingerprint density at radius 2 is 1.80 bits per heavy atom. The summed E-state index contributed by atoms with van der Waals surface area (Å²) >= 11 is 0. The van der Waals surface area contributed by atoms with Crippen molar-refractivity contribution in [2.24, 2.45) is 17.3 Å². The molecule has 66 heavy (non-hydrogen) atoms. The van der Waals surface area contributed by atoms with Crippen molar-refractivity contribution in [2.45, 2.75) is 110 Å². The van der Waals surface area contributed by atoms with E-state index in [-0.39, 0.29) is 49.3 Å². The van der Waals surface area contributed by atoms with Crippen molar-refractivity contribution in [2.75, 3.05) is 39.8 Å². The van der Waals surface area contributed by atoms with Gasteiger partial charge in [-0.2, -0.15) is 0 Å². The Morgan fingerprint density at radius 1 is 1.02 bits per heavy atom. The summed E-state index contributed by atoms with van der Waals surface area (Å²) < 4.78 is 8.55. The zero-order valence-corrected chi connectivity index (χ0v) is 39.4. The van der Waals surface area contributed by atoms with E-state index < -0.39 is 41.3 Å². The van der Waals surface area contributed by atoms with Crippen LogP contribution in [0.5, 0.6) is 0 Å². The van der Waals surface area contributed by atoms with Gasteiger partial charge in [0, 0.05) is 67.7 Å². The van der Waals surface area contributed by atoms with Crippen LogP contribution in [0.4, 0.5) is 0 Å². The first kappa shape index (κ1) is 46.7. The molecule has 3 saturated heterocycles. The highest BCUT2D eigenvalue weighted by Crippen LogP contribution is 2.42. The number of benzene rings is 2. The third kappa shape index (κ3) is 9.53. The van der Waals surface area contributed by atoms with Gasteiger partial charge in [0.05, 0.1) is 30.0 Å². The maximum absolute atomic E-state index is 14.7. The van der Waals surface area contributed by atoms with Crippen molar-refractivity contribution in [3.8, 4) is 22.4 Å². The van der Waals surface area contributed by atoms with Gasteiger partial charge < -0.3 is 29.7 Å². The van der Waals surface area contributed by atoms with E-state index in [0.717, 1.165) is 70.5 Å². The highest BCUT2D eigenvalue weighted by Gasteiger charge is 2.40. The lowest BCUT2D eigenvalue weighted by Crippen LogP contribution is -2.62. The van der Waals surface area contributed by atoms with Crippen molar-refractivity contribution in [3.63, 3.8) is 0 Å².